The summed E-state index contributed by atoms with van der Waals surface area (Å²) in [6.07, 6.45) is -9.99. The molecule has 0 bridgehead atoms. The molecule has 1 saturated carbocycles. The van der Waals surface area contributed by atoms with E-state index < -0.39 is 146 Å². The van der Waals surface area contributed by atoms with Crippen molar-refractivity contribution in [3.8, 4) is 23.0 Å². The Hall–Kier alpha value is -5.78. The van der Waals surface area contributed by atoms with E-state index in [0.29, 0.717) is 21.5 Å². The summed E-state index contributed by atoms with van der Waals surface area (Å²) in [6, 6.07) is 5.24. The molecule has 2 aliphatic rings. The number of hydrogen-bond acceptors (Lipinski definition) is 10. The van der Waals surface area contributed by atoms with Gasteiger partial charge in [-0.25, -0.2) is 30.6 Å². The second-order valence-corrected chi connectivity index (χ2v) is 21.5. The van der Waals surface area contributed by atoms with Gasteiger partial charge in [-0.1, -0.05) is 30.5 Å². The number of pyridine rings is 1. The van der Waals surface area contributed by atoms with Gasteiger partial charge in [-0.05, 0) is 80.8 Å². The number of amides is 1. The predicted molar refractivity (Wildman–Crippen MR) is 234 cm³/mol. The molecule has 5 aromatic rings. The fraction of sp³-hybridized carbons (Fsp3) is 0.432. The van der Waals surface area contributed by atoms with Crippen LogP contribution in [0.1, 0.15) is 91.6 Å². The maximum Gasteiger partial charge on any atom is 0.435 e. The molecule has 1 unspecified atom stereocenters. The van der Waals surface area contributed by atoms with E-state index in [9.17, 15) is 61.5 Å². The van der Waals surface area contributed by atoms with E-state index in [1.54, 1.807) is 6.92 Å². The highest BCUT2D eigenvalue weighted by Crippen LogP contribution is 2.68. The second-order valence-electron chi connectivity index (χ2n) is 17.4. The number of carbonyl (C=O) groups excluding carboxylic acids is 2. The lowest BCUT2D eigenvalue weighted by Crippen LogP contribution is -2.35. The lowest BCUT2D eigenvalue weighted by molar-refractivity contribution is -0.147. The van der Waals surface area contributed by atoms with Crippen molar-refractivity contribution in [1.29, 1.82) is 0 Å². The molecule has 2 aliphatic carbocycles. The number of esters is 1. The van der Waals surface area contributed by atoms with Crippen LogP contribution in [-0.2, 0) is 73.2 Å². The largest absolute Gasteiger partial charge is 0.448 e. The standard InChI is InChI=1S/C44H40ClF10N7O7S2/c1-5-6-34(64)69-21-60(70(65)66)18-32-36-30(45)10-9-27(38(36)62(58-32)20-42(48,49)50)26-8-7-25(11-12-41(2,3)71(4,67)68)56-37(26)31(15-22-13-23(46)16-24(47)14-22)57-33(63)19-61-40-35(39(59-61)44(53,54)55)28-17-29(28)43(40,51)52/h7-10,13-14,16,28-29,31,70H,5-6,15,17-21H2,1-4H3,(H,57,63)/t28-,29+,31?/m0/s1. The molecule has 382 valence electrons. The van der Waals surface area contributed by atoms with Crippen molar-refractivity contribution in [2.45, 2.75) is 101 Å². The van der Waals surface area contributed by atoms with Gasteiger partial charge in [-0.2, -0.15) is 49.6 Å². The van der Waals surface area contributed by atoms with Crippen LogP contribution in [0.2, 0.25) is 5.02 Å². The van der Waals surface area contributed by atoms with Crippen LogP contribution in [0.15, 0.2) is 42.5 Å². The highest BCUT2D eigenvalue weighted by molar-refractivity contribution is 7.92. The Morgan fingerprint density at radius 2 is 1.68 bits per heavy atom. The molecule has 3 atom stereocenters. The summed E-state index contributed by atoms with van der Waals surface area (Å²) in [6.45, 7) is -0.597. The smallest absolute Gasteiger partial charge is 0.435 e. The quantitative estimate of drug-likeness (QED) is 0.0325. The van der Waals surface area contributed by atoms with Gasteiger partial charge in [0.15, 0.2) is 22.3 Å². The van der Waals surface area contributed by atoms with Crippen molar-refractivity contribution in [2.24, 2.45) is 5.92 Å². The van der Waals surface area contributed by atoms with Crippen molar-refractivity contribution >= 4 is 55.1 Å². The zero-order chi connectivity index (χ0) is 52.3. The minimum absolute atomic E-state index is 0.0887. The van der Waals surface area contributed by atoms with Crippen molar-refractivity contribution in [3.05, 3.63) is 98.7 Å². The van der Waals surface area contributed by atoms with Crippen LogP contribution in [0, 0.1) is 29.4 Å². The normalized spacial score (nSPS) is 17.0. The molecular formula is C44H40ClF10N7O7S2. The van der Waals surface area contributed by atoms with Crippen molar-refractivity contribution in [3.63, 3.8) is 0 Å². The summed E-state index contributed by atoms with van der Waals surface area (Å²) >= 11 is 6.64. The highest BCUT2D eigenvalue weighted by atomic mass is 35.5. The number of hydrogen-bond donors (Lipinski definition) is 2. The molecule has 3 heterocycles. The Kier molecular flexibility index (Phi) is 14.4. The Balaban J connectivity index is 1.44. The molecule has 7 rings (SSSR count). The number of halogens is 11. The molecular weight excluding hydrogens is 1030 g/mol. The third-order valence-corrected chi connectivity index (χ3v) is 14.8. The lowest BCUT2D eigenvalue weighted by Gasteiger charge is -2.23. The first-order valence-corrected chi connectivity index (χ1v) is 24.6. The summed E-state index contributed by atoms with van der Waals surface area (Å²) in [5.74, 6) is -5.65. The molecule has 0 saturated heterocycles. The molecule has 71 heavy (non-hydrogen) atoms. The fourth-order valence-electron chi connectivity index (χ4n) is 8.21. The Morgan fingerprint density at radius 1 is 1.01 bits per heavy atom. The summed E-state index contributed by atoms with van der Waals surface area (Å²) in [5, 5.41) is 9.40. The first kappa shape index (κ1) is 53.0. The fourth-order valence-corrected chi connectivity index (χ4v) is 9.11. The van der Waals surface area contributed by atoms with E-state index in [0.717, 1.165) is 18.4 Å². The van der Waals surface area contributed by atoms with Crippen LogP contribution in [-0.4, -0.2) is 81.5 Å². The first-order chi connectivity index (χ1) is 32.9. The molecule has 14 nitrogen and oxygen atoms in total. The zero-order valence-corrected chi connectivity index (χ0v) is 40.0. The molecule has 1 amide bonds. The number of sulfone groups is 1. The highest BCUT2D eigenvalue weighted by Gasteiger charge is 2.68. The van der Waals surface area contributed by atoms with Gasteiger partial charge in [0.1, 0.15) is 40.9 Å². The predicted octanol–water partition coefficient (Wildman–Crippen LogP) is 7.92. The number of aromatic nitrogens is 5. The molecule has 1 N–H and O–H groups in total. The van der Waals surface area contributed by atoms with E-state index in [2.05, 4.69) is 32.3 Å². The average molecular weight is 1070 g/mol. The number of nitrogens with zero attached hydrogens (tertiary/aromatic N) is 6. The van der Waals surface area contributed by atoms with Crippen LogP contribution >= 0.6 is 11.6 Å². The molecule has 3 aromatic heterocycles. The maximum absolute atomic E-state index is 15.6. The SMILES string of the molecule is CCCC(=O)OCN(Cc1nn(CC(F)(F)F)c2c(-c3ccc(C#CC(C)(C)S(C)(=O)=O)nc3C(Cc3cc(F)cc(F)c3)NC(=O)Cn3nc(C(F)(F)F)c4c3C(F)(F)[C@@H]3C[C@H]43)ccc(Cl)c12)[SH](=O)=O. The van der Waals surface area contributed by atoms with Crippen LogP contribution in [0.5, 0.6) is 0 Å². The third kappa shape index (κ3) is 11.3. The monoisotopic (exact) mass is 1070 g/mol. The summed E-state index contributed by atoms with van der Waals surface area (Å²) in [4.78, 5) is 30.8. The van der Waals surface area contributed by atoms with Crippen molar-refractivity contribution < 1.29 is 75.1 Å². The number of carbonyl (C=O) groups is 2. The zero-order valence-electron chi connectivity index (χ0n) is 37.5. The Bertz CT molecular complexity index is 3190. The number of benzene rings is 2. The van der Waals surface area contributed by atoms with Crippen molar-refractivity contribution in [1.82, 2.24) is 34.2 Å². The number of ether oxygens (including phenoxy) is 1. The Labute approximate surface area is 404 Å². The van der Waals surface area contributed by atoms with Crippen LogP contribution in [0.25, 0.3) is 22.0 Å². The molecule has 27 heteroatoms. The van der Waals surface area contributed by atoms with Gasteiger partial charge in [0.05, 0.1) is 34.5 Å². The van der Waals surface area contributed by atoms with Gasteiger partial charge >= 0.3 is 18.3 Å². The topological polar surface area (TPSA) is 175 Å². The molecule has 0 aliphatic heterocycles. The van der Waals surface area contributed by atoms with E-state index >= 15 is 8.78 Å². The van der Waals surface area contributed by atoms with E-state index in [-0.39, 0.29) is 56.0 Å². The van der Waals surface area contributed by atoms with E-state index in [4.69, 9.17) is 16.3 Å². The molecule has 1 fully saturated rings. The van der Waals surface area contributed by atoms with Gasteiger partial charge < -0.3 is 10.1 Å². The first-order valence-electron chi connectivity index (χ1n) is 21.2. The van der Waals surface area contributed by atoms with Gasteiger partial charge in [-0.3, -0.25) is 19.0 Å². The van der Waals surface area contributed by atoms with Gasteiger partial charge in [-0.15, -0.1) is 0 Å². The maximum atomic E-state index is 15.6. The summed E-state index contributed by atoms with van der Waals surface area (Å²) in [5.41, 5.74) is -5.60. The minimum Gasteiger partial charge on any atom is -0.448 e. The number of alkyl halides is 8. The van der Waals surface area contributed by atoms with Gasteiger partial charge in [0.2, 0.25) is 16.8 Å². The summed E-state index contributed by atoms with van der Waals surface area (Å²) < 4.78 is 201. The van der Waals surface area contributed by atoms with E-state index in [1.807, 2.05) is 0 Å². The molecule has 0 spiro atoms. The van der Waals surface area contributed by atoms with Gasteiger partial charge in [0.25, 0.3) is 5.92 Å². The lowest BCUT2D eigenvalue weighted by atomic mass is 9.93. The number of nitrogens with one attached hydrogen (secondary N) is 1. The number of fused-ring (bicyclic) bond motifs is 4. The Morgan fingerprint density at radius 3 is 2.28 bits per heavy atom. The second kappa shape index (κ2) is 19.3. The average Bonchev–Trinajstić information content (AvgIpc) is 3.76. The third-order valence-electron chi connectivity index (χ3n) is 11.8. The van der Waals surface area contributed by atoms with Crippen LogP contribution in [0.3, 0.4) is 0 Å². The minimum atomic E-state index is -5.20. The summed E-state index contributed by atoms with van der Waals surface area (Å²) in [7, 11) is -7.46. The van der Waals surface area contributed by atoms with Gasteiger partial charge in [0, 0.05) is 46.7 Å². The molecule has 2 aromatic carbocycles. The van der Waals surface area contributed by atoms with Crippen LogP contribution in [0.4, 0.5) is 43.9 Å². The number of rotatable bonds is 16. The number of thiol groups is 1. The van der Waals surface area contributed by atoms with Crippen LogP contribution < -0.4 is 5.32 Å². The van der Waals surface area contributed by atoms with Crippen molar-refractivity contribution in [2.75, 3.05) is 13.0 Å². The van der Waals surface area contributed by atoms with E-state index in [1.165, 1.54) is 38.1 Å². The molecule has 0 radical (unpaired) electrons.